The quantitative estimate of drug-likeness (QED) is 0.863. The summed E-state index contributed by atoms with van der Waals surface area (Å²) in [6.07, 6.45) is 0. The zero-order valence-electron chi connectivity index (χ0n) is 14.8. The molecule has 0 amide bonds. The van der Waals surface area contributed by atoms with Gasteiger partial charge in [0.2, 0.25) is 0 Å². The van der Waals surface area contributed by atoms with Crippen molar-refractivity contribution in [3.63, 3.8) is 0 Å². The second-order valence-corrected chi connectivity index (χ2v) is 8.13. The van der Waals surface area contributed by atoms with Gasteiger partial charge in [0.15, 0.2) is 5.82 Å². The smallest absolute Gasteiger partial charge is 0.165 e. The van der Waals surface area contributed by atoms with Crippen molar-refractivity contribution in [2.24, 2.45) is 11.8 Å². The van der Waals surface area contributed by atoms with Crippen molar-refractivity contribution in [2.45, 2.75) is 32.9 Å². The summed E-state index contributed by atoms with van der Waals surface area (Å²) in [6.45, 7) is 11.9. The third-order valence-corrected chi connectivity index (χ3v) is 5.22. The lowest BCUT2D eigenvalue weighted by Gasteiger charge is -2.24. The van der Waals surface area contributed by atoms with Crippen LogP contribution < -0.4 is 4.90 Å². The van der Waals surface area contributed by atoms with E-state index in [9.17, 15) is 0 Å². The highest BCUT2D eigenvalue weighted by Crippen LogP contribution is 2.34. The van der Waals surface area contributed by atoms with Gasteiger partial charge >= 0.3 is 0 Å². The lowest BCUT2D eigenvalue weighted by molar-refractivity contribution is 0.268. The highest BCUT2D eigenvalue weighted by molar-refractivity contribution is 5.47. The highest BCUT2D eigenvalue weighted by Gasteiger charge is 2.40. The van der Waals surface area contributed by atoms with Crippen LogP contribution in [-0.2, 0) is 12.1 Å². The molecule has 6 nitrogen and oxygen atoms in total. The van der Waals surface area contributed by atoms with Crippen molar-refractivity contribution >= 4 is 5.69 Å². The molecule has 0 saturated carbocycles. The van der Waals surface area contributed by atoms with Crippen molar-refractivity contribution in [3.05, 3.63) is 36.2 Å². The highest BCUT2D eigenvalue weighted by atomic mass is 15.6. The minimum atomic E-state index is -0.0709. The number of hydrogen-bond donors (Lipinski definition) is 0. The maximum atomic E-state index is 4.25. The fourth-order valence-electron chi connectivity index (χ4n) is 4.09. The summed E-state index contributed by atoms with van der Waals surface area (Å²) in [4.78, 5) is 5.05. The Morgan fingerprint density at radius 1 is 1.00 bits per heavy atom. The number of hydrogen-bond acceptors (Lipinski definition) is 5. The minimum absolute atomic E-state index is 0.0709. The molecule has 6 heteroatoms. The first-order valence-electron chi connectivity index (χ1n) is 8.81. The maximum absolute atomic E-state index is 4.25. The number of anilines is 1. The zero-order valence-corrected chi connectivity index (χ0v) is 14.8. The average molecular weight is 326 g/mol. The summed E-state index contributed by atoms with van der Waals surface area (Å²) >= 11 is 0. The van der Waals surface area contributed by atoms with E-state index in [1.165, 1.54) is 5.69 Å². The van der Waals surface area contributed by atoms with Gasteiger partial charge in [0, 0.05) is 31.9 Å². The van der Waals surface area contributed by atoms with Gasteiger partial charge in [0.05, 0.1) is 12.1 Å². The number of nitrogens with zero attached hydrogens (tertiary/aromatic N) is 6. The van der Waals surface area contributed by atoms with Crippen molar-refractivity contribution < 1.29 is 0 Å². The van der Waals surface area contributed by atoms with E-state index in [0.29, 0.717) is 0 Å². The molecule has 3 heterocycles. The fraction of sp³-hybridized carbons (Fsp3) is 0.611. The summed E-state index contributed by atoms with van der Waals surface area (Å²) in [5.74, 6) is 2.48. The molecule has 24 heavy (non-hydrogen) atoms. The van der Waals surface area contributed by atoms with Crippen molar-refractivity contribution in [1.82, 2.24) is 25.1 Å². The van der Waals surface area contributed by atoms with Crippen LogP contribution in [0, 0.1) is 11.8 Å². The topological polar surface area (TPSA) is 50.1 Å². The fourth-order valence-corrected chi connectivity index (χ4v) is 4.09. The van der Waals surface area contributed by atoms with E-state index in [1.807, 2.05) is 4.68 Å². The summed E-state index contributed by atoms with van der Waals surface area (Å²) < 4.78 is 1.96. The molecule has 1 aromatic carbocycles. The Hall–Kier alpha value is -1.95. The van der Waals surface area contributed by atoms with Crippen LogP contribution in [0.1, 0.15) is 26.6 Å². The number of fused-ring (bicyclic) bond motifs is 1. The van der Waals surface area contributed by atoms with Gasteiger partial charge in [-0.25, -0.2) is 4.68 Å². The molecule has 2 aliphatic heterocycles. The predicted octanol–water partition coefficient (Wildman–Crippen LogP) is 2.00. The summed E-state index contributed by atoms with van der Waals surface area (Å²) in [6, 6.07) is 10.8. The first-order valence-corrected chi connectivity index (χ1v) is 8.81. The van der Waals surface area contributed by atoms with Crippen LogP contribution >= 0.6 is 0 Å². The van der Waals surface area contributed by atoms with Crippen LogP contribution in [0.5, 0.6) is 0 Å². The van der Waals surface area contributed by atoms with Gasteiger partial charge in [-0.3, -0.25) is 4.90 Å². The first-order chi connectivity index (χ1) is 11.5. The normalized spacial score (nSPS) is 24.5. The number of para-hydroxylation sites is 1. The summed E-state index contributed by atoms with van der Waals surface area (Å²) in [5, 5.41) is 12.3. The standard InChI is InChI=1S/C18H26N6/c1-18(2,3)24-17(19-20-21-24)13-22-9-14-11-23(12-15(14)10-22)16-7-5-4-6-8-16/h4-8,14-15H,9-13H2,1-3H3. The predicted molar refractivity (Wildman–Crippen MR) is 93.7 cm³/mol. The largest absolute Gasteiger partial charge is 0.371 e. The number of rotatable bonds is 3. The lowest BCUT2D eigenvalue weighted by atomic mass is 10.0. The molecule has 0 bridgehead atoms. The van der Waals surface area contributed by atoms with E-state index in [4.69, 9.17) is 0 Å². The van der Waals surface area contributed by atoms with E-state index in [1.54, 1.807) is 0 Å². The van der Waals surface area contributed by atoms with Crippen LogP contribution in [0.25, 0.3) is 0 Å². The Balaban J connectivity index is 1.39. The molecule has 128 valence electrons. The van der Waals surface area contributed by atoms with Crippen molar-refractivity contribution in [3.8, 4) is 0 Å². The van der Waals surface area contributed by atoms with Crippen LogP contribution in [-0.4, -0.2) is 51.3 Å². The summed E-state index contributed by atoms with van der Waals surface area (Å²) in [7, 11) is 0. The average Bonchev–Trinajstić information content (AvgIpc) is 3.22. The van der Waals surface area contributed by atoms with Crippen LogP contribution in [0.15, 0.2) is 30.3 Å². The first kappa shape index (κ1) is 15.6. The van der Waals surface area contributed by atoms with Crippen molar-refractivity contribution in [2.75, 3.05) is 31.1 Å². The number of likely N-dealkylation sites (tertiary alicyclic amines) is 1. The zero-order chi connectivity index (χ0) is 16.7. The van der Waals surface area contributed by atoms with Crippen LogP contribution in [0.2, 0.25) is 0 Å². The minimum Gasteiger partial charge on any atom is -0.371 e. The van der Waals surface area contributed by atoms with Gasteiger partial charge in [-0.1, -0.05) is 18.2 Å². The van der Waals surface area contributed by atoms with Crippen molar-refractivity contribution in [1.29, 1.82) is 0 Å². The van der Waals surface area contributed by atoms with E-state index in [-0.39, 0.29) is 5.54 Å². The molecular weight excluding hydrogens is 300 g/mol. The van der Waals surface area contributed by atoms with E-state index in [0.717, 1.165) is 50.4 Å². The van der Waals surface area contributed by atoms with Gasteiger partial charge in [0.25, 0.3) is 0 Å². The van der Waals surface area contributed by atoms with E-state index < -0.39 is 0 Å². The molecule has 1 aromatic heterocycles. The third-order valence-electron chi connectivity index (χ3n) is 5.22. The second kappa shape index (κ2) is 5.84. The molecule has 0 radical (unpaired) electrons. The molecule has 0 spiro atoms. The molecule has 2 atom stereocenters. The van der Waals surface area contributed by atoms with Gasteiger partial charge in [-0.15, -0.1) is 5.10 Å². The molecular formula is C18H26N6. The lowest BCUT2D eigenvalue weighted by Crippen LogP contribution is -2.32. The Labute approximate surface area is 143 Å². The Morgan fingerprint density at radius 3 is 2.29 bits per heavy atom. The molecule has 0 aliphatic carbocycles. The molecule has 2 saturated heterocycles. The van der Waals surface area contributed by atoms with E-state index >= 15 is 0 Å². The molecule has 2 aromatic rings. The third kappa shape index (κ3) is 2.90. The van der Waals surface area contributed by atoms with Gasteiger partial charge in [0.1, 0.15) is 0 Å². The Morgan fingerprint density at radius 2 is 1.67 bits per heavy atom. The molecule has 0 N–H and O–H groups in total. The summed E-state index contributed by atoms with van der Waals surface area (Å²) in [5.41, 5.74) is 1.29. The van der Waals surface area contributed by atoms with Crippen LogP contribution in [0.3, 0.4) is 0 Å². The molecule has 2 unspecified atom stereocenters. The molecule has 2 aliphatic rings. The number of benzene rings is 1. The Bertz CT molecular complexity index is 675. The monoisotopic (exact) mass is 326 g/mol. The molecule has 4 rings (SSSR count). The van der Waals surface area contributed by atoms with Gasteiger partial charge in [-0.05, 0) is 55.2 Å². The van der Waals surface area contributed by atoms with Gasteiger partial charge < -0.3 is 4.90 Å². The van der Waals surface area contributed by atoms with E-state index in [2.05, 4.69) is 76.4 Å². The maximum Gasteiger partial charge on any atom is 0.165 e. The van der Waals surface area contributed by atoms with Gasteiger partial charge in [-0.2, -0.15) is 0 Å². The molecule has 2 fully saturated rings. The SMILES string of the molecule is CC(C)(C)n1nnnc1CN1CC2CN(c3ccccc3)CC2C1. The van der Waals surface area contributed by atoms with Crippen LogP contribution in [0.4, 0.5) is 5.69 Å². The second-order valence-electron chi connectivity index (χ2n) is 8.13. The number of aromatic nitrogens is 4. The Kier molecular flexibility index (Phi) is 3.79. The number of tetrazole rings is 1.